The first-order valence-corrected chi connectivity index (χ1v) is 7.13. The van der Waals surface area contributed by atoms with Crippen LogP contribution in [0.15, 0.2) is 23.1 Å². The van der Waals surface area contributed by atoms with Crippen molar-refractivity contribution in [3.05, 3.63) is 29.3 Å². The molecule has 5 nitrogen and oxygen atoms in total. The van der Waals surface area contributed by atoms with Crippen LogP contribution in [0.3, 0.4) is 0 Å². The smallest absolute Gasteiger partial charge is 0.335 e. The van der Waals surface area contributed by atoms with Crippen molar-refractivity contribution in [2.24, 2.45) is 0 Å². The second-order valence-electron chi connectivity index (χ2n) is 3.82. The Morgan fingerprint density at radius 2 is 1.83 bits per heavy atom. The first-order valence-electron chi connectivity index (χ1n) is 5.69. The van der Waals surface area contributed by atoms with Gasteiger partial charge >= 0.3 is 5.97 Å². The zero-order chi connectivity index (χ0) is 13.9. The number of hydrogen-bond acceptors (Lipinski definition) is 3. The van der Waals surface area contributed by atoms with Gasteiger partial charge in [-0.25, -0.2) is 13.2 Å². The van der Waals surface area contributed by atoms with Gasteiger partial charge in [-0.1, -0.05) is 19.9 Å². The van der Waals surface area contributed by atoms with Crippen molar-refractivity contribution in [1.29, 1.82) is 0 Å². The summed E-state index contributed by atoms with van der Waals surface area (Å²) in [5, 5.41) is 9.00. The summed E-state index contributed by atoms with van der Waals surface area (Å²) in [7, 11) is -3.62. The molecule has 0 fully saturated rings. The number of rotatable bonds is 5. The fourth-order valence-corrected chi connectivity index (χ4v) is 3.53. The zero-order valence-corrected chi connectivity index (χ0v) is 11.5. The minimum atomic E-state index is -3.62. The maximum Gasteiger partial charge on any atom is 0.335 e. The minimum absolute atomic E-state index is 0.0169. The van der Waals surface area contributed by atoms with E-state index in [-0.39, 0.29) is 16.0 Å². The second kappa shape index (κ2) is 5.49. The molecule has 0 aliphatic carbocycles. The lowest BCUT2D eigenvalue weighted by molar-refractivity contribution is 0.0696. The Kier molecular flexibility index (Phi) is 4.48. The standard InChI is InChI=1S/C12H17NO4S/c1-4-13(5-2)18(16,17)11-8-6-7-10(9(11)3)12(14)15/h6-8H,4-5H2,1-3H3,(H,14,15). The molecule has 0 aliphatic heterocycles. The molecule has 0 radical (unpaired) electrons. The molecule has 0 bridgehead atoms. The average molecular weight is 271 g/mol. The van der Waals surface area contributed by atoms with Crippen LogP contribution < -0.4 is 0 Å². The van der Waals surface area contributed by atoms with E-state index in [4.69, 9.17) is 5.11 Å². The van der Waals surface area contributed by atoms with Crippen molar-refractivity contribution in [3.8, 4) is 0 Å². The van der Waals surface area contributed by atoms with Gasteiger partial charge in [0.2, 0.25) is 10.0 Å². The first-order chi connectivity index (χ1) is 8.36. The quantitative estimate of drug-likeness (QED) is 0.885. The molecule has 0 saturated heterocycles. The molecule has 0 saturated carbocycles. The SMILES string of the molecule is CCN(CC)S(=O)(=O)c1cccc(C(=O)O)c1C. The molecule has 1 rings (SSSR count). The highest BCUT2D eigenvalue weighted by Gasteiger charge is 2.25. The summed E-state index contributed by atoms with van der Waals surface area (Å²) in [6.07, 6.45) is 0. The third-order valence-corrected chi connectivity index (χ3v) is 5.03. The van der Waals surface area contributed by atoms with Gasteiger partial charge in [0.25, 0.3) is 0 Å². The number of hydrogen-bond donors (Lipinski definition) is 1. The fraction of sp³-hybridized carbons (Fsp3) is 0.417. The number of carboxylic acid groups (broad SMARTS) is 1. The van der Waals surface area contributed by atoms with Gasteiger partial charge in [0.1, 0.15) is 0 Å². The van der Waals surface area contributed by atoms with Gasteiger partial charge in [-0.3, -0.25) is 0 Å². The Labute approximate surface area is 107 Å². The number of sulfonamides is 1. The first kappa shape index (κ1) is 14.7. The second-order valence-corrected chi connectivity index (χ2v) is 5.73. The van der Waals surface area contributed by atoms with Crippen molar-refractivity contribution in [2.75, 3.05) is 13.1 Å². The Hall–Kier alpha value is -1.40. The largest absolute Gasteiger partial charge is 0.478 e. The van der Waals surface area contributed by atoms with Gasteiger partial charge in [0.15, 0.2) is 0 Å². The summed E-state index contributed by atoms with van der Waals surface area (Å²) in [6.45, 7) is 5.72. The van der Waals surface area contributed by atoms with Crippen LogP contribution in [0.25, 0.3) is 0 Å². The van der Waals surface area contributed by atoms with Crippen molar-refractivity contribution in [1.82, 2.24) is 4.31 Å². The summed E-state index contributed by atoms with van der Waals surface area (Å²) in [4.78, 5) is 11.1. The van der Waals surface area contributed by atoms with Gasteiger partial charge < -0.3 is 5.11 Å². The predicted octanol–water partition coefficient (Wildman–Crippen LogP) is 1.72. The summed E-state index contributed by atoms with van der Waals surface area (Å²) >= 11 is 0. The third-order valence-electron chi connectivity index (χ3n) is 2.84. The molecule has 1 aromatic rings. The molecule has 0 heterocycles. The highest BCUT2D eigenvalue weighted by Crippen LogP contribution is 2.22. The summed E-state index contributed by atoms with van der Waals surface area (Å²) in [5.74, 6) is -1.12. The summed E-state index contributed by atoms with van der Waals surface area (Å²) in [5.41, 5.74) is 0.292. The number of carboxylic acids is 1. The van der Waals surface area contributed by atoms with Gasteiger partial charge in [-0.05, 0) is 24.6 Å². The van der Waals surface area contributed by atoms with Crippen LogP contribution in [0.4, 0.5) is 0 Å². The molecule has 6 heteroatoms. The number of aromatic carboxylic acids is 1. The van der Waals surface area contributed by atoms with Crippen molar-refractivity contribution in [2.45, 2.75) is 25.7 Å². The Morgan fingerprint density at radius 3 is 2.28 bits per heavy atom. The summed E-state index contributed by atoms with van der Waals surface area (Å²) < 4.78 is 26.0. The third kappa shape index (κ3) is 2.54. The van der Waals surface area contributed by atoms with Crippen LogP contribution in [0.1, 0.15) is 29.8 Å². The minimum Gasteiger partial charge on any atom is -0.478 e. The number of benzene rings is 1. The van der Waals surface area contributed by atoms with E-state index in [1.54, 1.807) is 13.8 Å². The molecule has 0 unspecified atom stereocenters. The van der Waals surface area contributed by atoms with Crippen molar-refractivity contribution in [3.63, 3.8) is 0 Å². The van der Waals surface area contributed by atoms with E-state index in [0.717, 1.165) is 0 Å². The van der Waals surface area contributed by atoms with E-state index in [1.807, 2.05) is 0 Å². The molecule has 0 atom stereocenters. The van der Waals surface area contributed by atoms with Crippen LogP contribution >= 0.6 is 0 Å². The van der Waals surface area contributed by atoms with Gasteiger partial charge in [-0.15, -0.1) is 0 Å². The molecule has 0 aliphatic rings. The van der Waals surface area contributed by atoms with E-state index in [1.165, 1.54) is 29.4 Å². The molecule has 1 N–H and O–H groups in total. The Morgan fingerprint density at radius 1 is 1.28 bits per heavy atom. The topological polar surface area (TPSA) is 74.7 Å². The van der Waals surface area contributed by atoms with E-state index in [2.05, 4.69) is 0 Å². The van der Waals surface area contributed by atoms with Gasteiger partial charge in [0.05, 0.1) is 10.5 Å². The lowest BCUT2D eigenvalue weighted by Gasteiger charge is -2.20. The van der Waals surface area contributed by atoms with Gasteiger partial charge in [0, 0.05) is 13.1 Å². The van der Waals surface area contributed by atoms with Crippen LogP contribution in [-0.2, 0) is 10.0 Å². The number of carbonyl (C=O) groups is 1. The van der Waals surface area contributed by atoms with Crippen molar-refractivity contribution < 1.29 is 18.3 Å². The lowest BCUT2D eigenvalue weighted by atomic mass is 10.1. The van der Waals surface area contributed by atoms with Crippen molar-refractivity contribution >= 4 is 16.0 Å². The Bertz CT molecular complexity index is 547. The monoisotopic (exact) mass is 271 g/mol. The predicted molar refractivity (Wildman–Crippen MR) is 68.2 cm³/mol. The average Bonchev–Trinajstić information content (AvgIpc) is 2.29. The maximum absolute atomic E-state index is 12.3. The molecule has 0 aromatic heterocycles. The highest BCUT2D eigenvalue weighted by molar-refractivity contribution is 7.89. The zero-order valence-electron chi connectivity index (χ0n) is 10.7. The van der Waals surface area contributed by atoms with E-state index >= 15 is 0 Å². The normalized spacial score (nSPS) is 11.8. The van der Waals surface area contributed by atoms with Crippen LogP contribution in [0, 0.1) is 6.92 Å². The molecular formula is C12H17NO4S. The molecule has 1 aromatic carbocycles. The summed E-state index contributed by atoms with van der Waals surface area (Å²) in [6, 6.07) is 4.29. The maximum atomic E-state index is 12.3. The fourth-order valence-electron chi connectivity index (χ4n) is 1.83. The molecular weight excluding hydrogens is 254 g/mol. The molecule has 0 spiro atoms. The van der Waals surface area contributed by atoms with E-state index in [9.17, 15) is 13.2 Å². The van der Waals surface area contributed by atoms with E-state index in [0.29, 0.717) is 13.1 Å². The van der Waals surface area contributed by atoms with Gasteiger partial charge in [-0.2, -0.15) is 4.31 Å². The van der Waals surface area contributed by atoms with Crippen LogP contribution in [-0.4, -0.2) is 36.9 Å². The van der Waals surface area contributed by atoms with E-state index < -0.39 is 16.0 Å². The number of nitrogens with zero attached hydrogens (tertiary/aromatic N) is 1. The molecule has 18 heavy (non-hydrogen) atoms. The highest BCUT2D eigenvalue weighted by atomic mass is 32.2. The lowest BCUT2D eigenvalue weighted by Crippen LogP contribution is -2.31. The molecule has 0 amide bonds. The molecule has 100 valence electrons. The van der Waals surface area contributed by atoms with Crippen LogP contribution in [0.5, 0.6) is 0 Å². The van der Waals surface area contributed by atoms with Crippen LogP contribution in [0.2, 0.25) is 0 Å². The Balaban J connectivity index is 3.43.